The summed E-state index contributed by atoms with van der Waals surface area (Å²) in [6, 6.07) is 0.544. The Morgan fingerprint density at radius 1 is 1.42 bits per heavy atom. The van der Waals surface area contributed by atoms with Gasteiger partial charge >= 0.3 is 0 Å². The second kappa shape index (κ2) is 6.59. The Morgan fingerprint density at radius 2 is 2.26 bits per heavy atom. The van der Waals surface area contributed by atoms with Crippen molar-refractivity contribution in [1.82, 2.24) is 15.1 Å². The van der Waals surface area contributed by atoms with Crippen LogP contribution in [0, 0.1) is 5.92 Å². The maximum Gasteiger partial charge on any atom is 0.241 e. The van der Waals surface area contributed by atoms with Gasteiger partial charge < -0.3 is 10.6 Å². The van der Waals surface area contributed by atoms with Crippen LogP contribution in [0.4, 0.5) is 5.69 Å². The number of aromatic nitrogens is 2. The van der Waals surface area contributed by atoms with Gasteiger partial charge in [-0.2, -0.15) is 5.10 Å². The zero-order valence-corrected chi connectivity index (χ0v) is 11.9. The summed E-state index contributed by atoms with van der Waals surface area (Å²) in [7, 11) is 1.64. The third-order valence-corrected chi connectivity index (χ3v) is 3.85. The summed E-state index contributed by atoms with van der Waals surface area (Å²) in [5.74, 6) is 0.820. The lowest BCUT2D eigenvalue weighted by atomic mass is 10.0. The molecule has 0 bridgehead atoms. The summed E-state index contributed by atoms with van der Waals surface area (Å²) in [6.07, 6.45) is 10.1. The molecule has 2 rings (SSSR count). The average Bonchev–Trinajstić information content (AvgIpc) is 2.72. The number of hydrogen-bond acceptors (Lipinski definition) is 3. The quantitative estimate of drug-likeness (QED) is 0.818. The minimum atomic E-state index is -0.0297. The number of rotatable bonds is 4. The molecule has 0 aromatic carbocycles. The molecule has 1 aliphatic rings. The lowest BCUT2D eigenvalue weighted by molar-refractivity contribution is -0.121. The second-order valence-corrected chi connectivity index (χ2v) is 5.55. The number of nitrogens with zero attached hydrogens (tertiary/aromatic N) is 2. The number of nitrogens with one attached hydrogen (secondary N) is 2. The second-order valence-electron chi connectivity index (χ2n) is 5.55. The highest BCUT2D eigenvalue weighted by Gasteiger charge is 2.16. The molecule has 2 unspecified atom stereocenters. The molecular weight excluding hydrogens is 240 g/mol. The Balaban J connectivity index is 1.87. The van der Waals surface area contributed by atoms with Crippen LogP contribution in [0.15, 0.2) is 12.4 Å². The normalized spacial score (nSPS) is 23.7. The van der Waals surface area contributed by atoms with E-state index in [0.717, 1.165) is 11.6 Å². The number of anilines is 1. The third kappa shape index (κ3) is 4.26. The molecule has 1 saturated carbocycles. The van der Waals surface area contributed by atoms with E-state index in [2.05, 4.69) is 22.7 Å². The maximum absolute atomic E-state index is 11.3. The Hall–Kier alpha value is -1.52. The van der Waals surface area contributed by atoms with Crippen molar-refractivity contribution in [3.8, 4) is 0 Å². The van der Waals surface area contributed by atoms with E-state index in [-0.39, 0.29) is 12.5 Å². The Kier molecular flexibility index (Phi) is 4.82. The van der Waals surface area contributed by atoms with Gasteiger partial charge in [0.05, 0.1) is 11.9 Å². The van der Waals surface area contributed by atoms with Crippen LogP contribution in [0.2, 0.25) is 0 Å². The highest BCUT2D eigenvalue weighted by atomic mass is 16.1. The van der Waals surface area contributed by atoms with Crippen molar-refractivity contribution in [3.63, 3.8) is 0 Å². The van der Waals surface area contributed by atoms with E-state index in [1.165, 1.54) is 32.1 Å². The van der Waals surface area contributed by atoms with Crippen molar-refractivity contribution in [2.24, 2.45) is 5.92 Å². The fourth-order valence-electron chi connectivity index (χ4n) is 2.62. The lowest BCUT2D eigenvalue weighted by Gasteiger charge is -2.16. The minimum Gasteiger partial charge on any atom is -0.380 e. The van der Waals surface area contributed by atoms with Gasteiger partial charge in [-0.25, -0.2) is 0 Å². The van der Waals surface area contributed by atoms with E-state index >= 15 is 0 Å². The van der Waals surface area contributed by atoms with E-state index in [4.69, 9.17) is 0 Å². The predicted octanol–water partition coefficient (Wildman–Crippen LogP) is 2.01. The molecular formula is C14H24N4O. The molecule has 1 aromatic rings. The first-order valence-corrected chi connectivity index (χ1v) is 7.17. The molecule has 2 N–H and O–H groups in total. The van der Waals surface area contributed by atoms with Gasteiger partial charge in [0.2, 0.25) is 5.91 Å². The molecule has 19 heavy (non-hydrogen) atoms. The number of hydrogen-bond donors (Lipinski definition) is 2. The van der Waals surface area contributed by atoms with Crippen molar-refractivity contribution in [3.05, 3.63) is 12.4 Å². The molecule has 1 aliphatic carbocycles. The van der Waals surface area contributed by atoms with Crippen LogP contribution < -0.4 is 10.6 Å². The van der Waals surface area contributed by atoms with Crippen molar-refractivity contribution in [2.75, 3.05) is 12.4 Å². The van der Waals surface area contributed by atoms with Gasteiger partial charge in [0.25, 0.3) is 0 Å². The molecule has 5 heteroatoms. The van der Waals surface area contributed by atoms with E-state index in [1.54, 1.807) is 17.9 Å². The number of likely N-dealkylation sites (N-methyl/N-ethyl adjacent to an activating group) is 1. The number of carbonyl (C=O) groups is 1. The average molecular weight is 264 g/mol. The lowest BCUT2D eigenvalue weighted by Crippen LogP contribution is -2.23. The summed E-state index contributed by atoms with van der Waals surface area (Å²) in [5, 5.41) is 10.3. The van der Waals surface area contributed by atoms with Crippen LogP contribution in [0.1, 0.15) is 39.0 Å². The molecule has 5 nitrogen and oxygen atoms in total. The molecule has 0 saturated heterocycles. The van der Waals surface area contributed by atoms with Gasteiger partial charge in [-0.05, 0) is 25.2 Å². The van der Waals surface area contributed by atoms with Gasteiger partial charge in [-0.3, -0.25) is 9.48 Å². The topological polar surface area (TPSA) is 59.0 Å². The van der Waals surface area contributed by atoms with Crippen molar-refractivity contribution >= 4 is 11.6 Å². The van der Waals surface area contributed by atoms with Gasteiger partial charge in [0.15, 0.2) is 0 Å². The molecule has 1 amide bonds. The first-order valence-electron chi connectivity index (χ1n) is 7.17. The summed E-state index contributed by atoms with van der Waals surface area (Å²) in [5.41, 5.74) is 1.02. The van der Waals surface area contributed by atoms with E-state index < -0.39 is 0 Å². The first-order chi connectivity index (χ1) is 9.17. The molecule has 106 valence electrons. The van der Waals surface area contributed by atoms with E-state index in [1.807, 2.05) is 6.20 Å². The van der Waals surface area contributed by atoms with Crippen LogP contribution in [-0.2, 0) is 11.3 Å². The molecule has 1 fully saturated rings. The maximum atomic E-state index is 11.3. The van der Waals surface area contributed by atoms with Gasteiger partial charge in [0.1, 0.15) is 6.54 Å². The molecule has 0 spiro atoms. The fourth-order valence-corrected chi connectivity index (χ4v) is 2.62. The largest absolute Gasteiger partial charge is 0.380 e. The van der Waals surface area contributed by atoms with Crippen LogP contribution in [-0.4, -0.2) is 28.8 Å². The van der Waals surface area contributed by atoms with E-state index in [0.29, 0.717) is 6.04 Å². The smallest absolute Gasteiger partial charge is 0.241 e. The van der Waals surface area contributed by atoms with E-state index in [9.17, 15) is 4.79 Å². The molecule has 0 radical (unpaired) electrons. The molecule has 1 heterocycles. The van der Waals surface area contributed by atoms with Gasteiger partial charge in [-0.1, -0.05) is 19.8 Å². The van der Waals surface area contributed by atoms with Crippen molar-refractivity contribution < 1.29 is 4.79 Å². The summed E-state index contributed by atoms with van der Waals surface area (Å²) in [6.45, 7) is 2.61. The minimum absolute atomic E-state index is 0.0297. The standard InChI is InChI=1S/C14H24N4O/c1-11-4-3-5-12(7-6-11)17-13-8-16-18(9-13)10-14(19)15-2/h8-9,11-12,17H,3-7,10H2,1-2H3,(H,15,19). The molecule has 2 atom stereocenters. The zero-order chi connectivity index (χ0) is 13.7. The summed E-state index contributed by atoms with van der Waals surface area (Å²) < 4.78 is 1.67. The predicted molar refractivity (Wildman–Crippen MR) is 76.0 cm³/mol. The van der Waals surface area contributed by atoms with Crippen molar-refractivity contribution in [1.29, 1.82) is 0 Å². The monoisotopic (exact) mass is 264 g/mol. The molecule has 0 aliphatic heterocycles. The fraction of sp³-hybridized carbons (Fsp3) is 0.714. The Labute approximate surface area is 114 Å². The number of carbonyl (C=O) groups excluding carboxylic acids is 1. The number of amides is 1. The van der Waals surface area contributed by atoms with Crippen LogP contribution in [0.25, 0.3) is 0 Å². The van der Waals surface area contributed by atoms with Crippen LogP contribution in [0.3, 0.4) is 0 Å². The third-order valence-electron chi connectivity index (χ3n) is 3.85. The first kappa shape index (κ1) is 13.9. The highest BCUT2D eigenvalue weighted by Crippen LogP contribution is 2.24. The van der Waals surface area contributed by atoms with Crippen molar-refractivity contribution in [2.45, 2.75) is 51.6 Å². The zero-order valence-electron chi connectivity index (χ0n) is 11.9. The van der Waals surface area contributed by atoms with Gasteiger partial charge in [-0.15, -0.1) is 0 Å². The van der Waals surface area contributed by atoms with Gasteiger partial charge in [0, 0.05) is 19.3 Å². The Bertz CT molecular complexity index is 415. The summed E-state index contributed by atoms with van der Waals surface area (Å²) in [4.78, 5) is 11.3. The van der Waals surface area contributed by atoms with Crippen LogP contribution in [0.5, 0.6) is 0 Å². The summed E-state index contributed by atoms with van der Waals surface area (Å²) >= 11 is 0. The molecule has 1 aromatic heterocycles. The SMILES string of the molecule is CNC(=O)Cn1cc(NC2CCCC(C)CC2)cn1. The highest BCUT2D eigenvalue weighted by molar-refractivity contribution is 5.75. The Morgan fingerprint density at radius 3 is 3.05 bits per heavy atom. The van der Waals surface area contributed by atoms with Crippen LogP contribution >= 0.6 is 0 Å².